The first-order valence-electron chi connectivity index (χ1n) is 6.15. The Morgan fingerprint density at radius 2 is 1.90 bits per heavy atom. The number of nitrogens with two attached hydrogens (primary N) is 1. The number of hydrogen-bond donors (Lipinski definition) is 2. The van der Waals surface area contributed by atoms with Crippen LogP contribution < -0.4 is 10.5 Å². The first-order chi connectivity index (χ1) is 9.38. The van der Waals surface area contributed by atoms with Crippen LogP contribution in [-0.2, 0) is 0 Å². The van der Waals surface area contributed by atoms with Gasteiger partial charge in [0.05, 0.1) is 11.3 Å². The monoisotopic (exact) mass is 333 g/mol. The summed E-state index contributed by atoms with van der Waals surface area (Å²) in [4.78, 5) is 4.33. The second-order valence-corrected chi connectivity index (χ2v) is 5.56. The van der Waals surface area contributed by atoms with Gasteiger partial charge in [0.1, 0.15) is 17.3 Å². The third-order valence-electron chi connectivity index (χ3n) is 2.92. The molecule has 0 unspecified atom stereocenters. The molecule has 0 aliphatic carbocycles. The second kappa shape index (κ2) is 5.63. The molecule has 2 rings (SSSR count). The van der Waals surface area contributed by atoms with Gasteiger partial charge in [0.25, 0.3) is 0 Å². The molecule has 0 aliphatic rings. The zero-order valence-electron chi connectivity index (χ0n) is 11.6. The number of nitrogen functional groups attached to an aromatic ring is 1. The van der Waals surface area contributed by atoms with E-state index in [9.17, 15) is 0 Å². The number of aromatic nitrogens is 1. The predicted molar refractivity (Wildman–Crippen MR) is 83.7 cm³/mol. The number of rotatable bonds is 3. The van der Waals surface area contributed by atoms with E-state index in [1.807, 2.05) is 39.0 Å². The average molecular weight is 334 g/mol. The first kappa shape index (κ1) is 14.5. The summed E-state index contributed by atoms with van der Waals surface area (Å²) in [7, 11) is 0. The summed E-state index contributed by atoms with van der Waals surface area (Å²) in [6.45, 7) is 5.68. The highest BCUT2D eigenvalue weighted by Crippen LogP contribution is 2.31. The minimum atomic E-state index is -0.0419. The molecule has 2 aromatic rings. The Morgan fingerprint density at radius 3 is 2.50 bits per heavy atom. The van der Waals surface area contributed by atoms with Gasteiger partial charge >= 0.3 is 0 Å². The van der Waals surface area contributed by atoms with Crippen molar-refractivity contribution in [1.29, 1.82) is 5.41 Å². The zero-order valence-corrected chi connectivity index (χ0v) is 13.2. The average Bonchev–Trinajstić information content (AvgIpc) is 2.31. The van der Waals surface area contributed by atoms with Gasteiger partial charge in [-0.1, -0.05) is 15.9 Å². The van der Waals surface area contributed by atoms with Crippen molar-refractivity contribution in [3.8, 4) is 11.5 Å². The van der Waals surface area contributed by atoms with Gasteiger partial charge in [-0.3, -0.25) is 10.4 Å². The number of benzene rings is 1. The number of nitrogens with one attached hydrogen (secondary N) is 1. The molecule has 20 heavy (non-hydrogen) atoms. The molecule has 0 bridgehead atoms. The van der Waals surface area contributed by atoms with Gasteiger partial charge < -0.3 is 10.5 Å². The van der Waals surface area contributed by atoms with Crippen LogP contribution in [0.15, 0.2) is 28.7 Å². The van der Waals surface area contributed by atoms with Crippen molar-refractivity contribution >= 4 is 21.8 Å². The maximum absolute atomic E-state index is 7.69. The summed E-state index contributed by atoms with van der Waals surface area (Å²) in [5, 5.41) is 7.69. The molecule has 1 aromatic heterocycles. The number of amidine groups is 1. The molecule has 0 saturated heterocycles. The Kier molecular flexibility index (Phi) is 4.09. The van der Waals surface area contributed by atoms with Crippen LogP contribution >= 0.6 is 15.9 Å². The number of halogens is 1. The molecule has 3 N–H and O–H groups in total. The van der Waals surface area contributed by atoms with Crippen molar-refractivity contribution in [2.75, 3.05) is 0 Å². The largest absolute Gasteiger partial charge is 0.456 e. The highest BCUT2D eigenvalue weighted by Gasteiger charge is 2.14. The zero-order chi connectivity index (χ0) is 14.9. The quantitative estimate of drug-likeness (QED) is 0.662. The van der Waals surface area contributed by atoms with E-state index in [1.54, 1.807) is 6.07 Å². The van der Waals surface area contributed by atoms with Crippen molar-refractivity contribution in [3.63, 3.8) is 0 Å². The molecule has 0 radical (unpaired) electrons. The molecule has 0 amide bonds. The number of hydrogen-bond acceptors (Lipinski definition) is 3. The van der Waals surface area contributed by atoms with Crippen molar-refractivity contribution in [3.05, 3.63) is 51.3 Å². The van der Waals surface area contributed by atoms with E-state index in [0.29, 0.717) is 17.0 Å². The molecule has 0 fully saturated rings. The van der Waals surface area contributed by atoms with E-state index >= 15 is 0 Å². The van der Waals surface area contributed by atoms with E-state index in [1.165, 1.54) is 0 Å². The van der Waals surface area contributed by atoms with Crippen LogP contribution in [0, 0.1) is 26.2 Å². The van der Waals surface area contributed by atoms with Crippen molar-refractivity contribution in [1.82, 2.24) is 4.98 Å². The molecule has 104 valence electrons. The topological polar surface area (TPSA) is 72.0 Å². The highest BCUT2D eigenvalue weighted by atomic mass is 79.9. The third-order valence-corrected chi connectivity index (χ3v) is 3.41. The first-order valence-corrected chi connectivity index (χ1v) is 6.94. The van der Waals surface area contributed by atoms with Gasteiger partial charge in [-0.2, -0.15) is 0 Å². The van der Waals surface area contributed by atoms with E-state index < -0.39 is 0 Å². The number of nitrogens with zero attached hydrogens (tertiary/aromatic N) is 1. The molecular formula is C15H16BrN3O. The number of pyridine rings is 1. The molecule has 5 heteroatoms. The van der Waals surface area contributed by atoms with Crippen LogP contribution in [0.25, 0.3) is 0 Å². The molecule has 0 atom stereocenters. The Hall–Kier alpha value is -1.88. The van der Waals surface area contributed by atoms with Crippen LogP contribution in [-0.4, -0.2) is 10.8 Å². The van der Waals surface area contributed by atoms with Gasteiger partial charge in [-0.25, -0.2) is 0 Å². The lowest BCUT2D eigenvalue weighted by molar-refractivity contribution is 0.475. The second-order valence-electron chi connectivity index (χ2n) is 4.65. The lowest BCUT2D eigenvalue weighted by atomic mass is 10.1. The Morgan fingerprint density at radius 1 is 1.20 bits per heavy atom. The van der Waals surface area contributed by atoms with Gasteiger partial charge in [0, 0.05) is 16.2 Å². The smallest absolute Gasteiger partial charge is 0.141 e. The fourth-order valence-corrected chi connectivity index (χ4v) is 2.52. The summed E-state index contributed by atoms with van der Waals surface area (Å²) in [5.41, 5.74) is 8.71. The van der Waals surface area contributed by atoms with Crippen LogP contribution in [0.1, 0.15) is 22.5 Å². The van der Waals surface area contributed by atoms with Crippen molar-refractivity contribution < 1.29 is 4.74 Å². The van der Waals surface area contributed by atoms with E-state index in [4.69, 9.17) is 15.9 Å². The van der Waals surface area contributed by atoms with Gasteiger partial charge in [0.15, 0.2) is 0 Å². The molecular weight excluding hydrogens is 318 g/mol. The molecule has 0 spiro atoms. The summed E-state index contributed by atoms with van der Waals surface area (Å²) in [6.07, 6.45) is 0. The number of aryl methyl sites for hydroxylation is 3. The summed E-state index contributed by atoms with van der Waals surface area (Å²) in [6, 6.07) is 7.57. The maximum Gasteiger partial charge on any atom is 0.141 e. The Balaban J connectivity index is 2.50. The lowest BCUT2D eigenvalue weighted by Gasteiger charge is -2.14. The lowest BCUT2D eigenvalue weighted by Crippen LogP contribution is -2.15. The van der Waals surface area contributed by atoms with Gasteiger partial charge in [-0.05, 0) is 44.5 Å². The van der Waals surface area contributed by atoms with E-state index in [-0.39, 0.29) is 5.84 Å². The third kappa shape index (κ3) is 2.99. The van der Waals surface area contributed by atoms with E-state index in [0.717, 1.165) is 21.5 Å². The fourth-order valence-electron chi connectivity index (χ4n) is 2.05. The predicted octanol–water partition coefficient (Wildman–Crippen LogP) is 3.85. The van der Waals surface area contributed by atoms with Gasteiger partial charge in [-0.15, -0.1) is 0 Å². The molecule has 4 nitrogen and oxygen atoms in total. The minimum Gasteiger partial charge on any atom is -0.456 e. The fraction of sp³-hybridized carbons (Fsp3) is 0.200. The Labute approximate surface area is 126 Å². The number of ether oxygens (including phenoxy) is 1. The van der Waals surface area contributed by atoms with Crippen LogP contribution in [0.5, 0.6) is 11.5 Å². The summed E-state index contributed by atoms with van der Waals surface area (Å²) >= 11 is 3.42. The van der Waals surface area contributed by atoms with Crippen molar-refractivity contribution in [2.24, 2.45) is 5.73 Å². The SMILES string of the molecule is Cc1cc(Oc2ccc(Br)cc2C)c(C(=N)N)c(C)n1. The minimum absolute atomic E-state index is 0.0419. The molecule has 1 aromatic carbocycles. The van der Waals surface area contributed by atoms with E-state index in [2.05, 4.69) is 20.9 Å². The Bertz CT molecular complexity index is 683. The normalized spacial score (nSPS) is 10.4. The van der Waals surface area contributed by atoms with Crippen LogP contribution in [0.2, 0.25) is 0 Å². The van der Waals surface area contributed by atoms with Crippen LogP contribution in [0.3, 0.4) is 0 Å². The summed E-state index contributed by atoms with van der Waals surface area (Å²) < 4.78 is 6.93. The molecule has 0 saturated carbocycles. The maximum atomic E-state index is 7.69. The molecule has 0 aliphatic heterocycles. The standard InChI is InChI=1S/C15H16BrN3O/c1-8-6-11(16)4-5-12(8)20-13-7-9(2)19-10(3)14(13)15(17)18/h4-7H,1-3H3,(H3,17,18). The van der Waals surface area contributed by atoms with Crippen LogP contribution in [0.4, 0.5) is 0 Å². The van der Waals surface area contributed by atoms with Crippen molar-refractivity contribution in [2.45, 2.75) is 20.8 Å². The highest BCUT2D eigenvalue weighted by molar-refractivity contribution is 9.10. The summed E-state index contributed by atoms with van der Waals surface area (Å²) in [5.74, 6) is 1.26. The van der Waals surface area contributed by atoms with Gasteiger partial charge in [0.2, 0.25) is 0 Å². The molecule has 1 heterocycles.